The molecule has 0 aliphatic rings. The summed E-state index contributed by atoms with van der Waals surface area (Å²) in [5.74, 6) is -2.01. The first-order valence-corrected chi connectivity index (χ1v) is 7.47. The molecule has 0 spiro atoms. The van der Waals surface area contributed by atoms with Gasteiger partial charge in [-0.2, -0.15) is 5.10 Å². The highest BCUT2D eigenvalue weighted by Gasteiger charge is 2.12. The van der Waals surface area contributed by atoms with E-state index in [4.69, 9.17) is 5.73 Å². The predicted molar refractivity (Wildman–Crippen MR) is 91.2 cm³/mol. The van der Waals surface area contributed by atoms with Crippen LogP contribution < -0.4 is 11.1 Å². The Morgan fingerprint density at radius 1 is 1.12 bits per heavy atom. The van der Waals surface area contributed by atoms with Crippen LogP contribution >= 0.6 is 0 Å². The van der Waals surface area contributed by atoms with Crippen molar-refractivity contribution in [2.45, 2.75) is 6.92 Å². The topological polar surface area (TPSA) is 90.0 Å². The Morgan fingerprint density at radius 2 is 1.84 bits per heavy atom. The summed E-state index contributed by atoms with van der Waals surface area (Å²) < 4.78 is 15.2. The standard InChI is InChI=1S/C18H15FN4O2/c1-11-8-9-21-23(11)14-5-2-12(3-6-14)18(25)22-13-4-7-16(19)15(10-13)17(20)24/h2-10H,1H3,(H2,20,24)(H,22,25). The van der Waals surface area contributed by atoms with Crippen LogP contribution in [0.1, 0.15) is 26.4 Å². The number of carbonyl (C=O) groups is 2. The molecule has 0 fully saturated rings. The summed E-state index contributed by atoms with van der Waals surface area (Å²) in [6.07, 6.45) is 1.70. The molecule has 7 heteroatoms. The van der Waals surface area contributed by atoms with E-state index in [0.29, 0.717) is 5.56 Å². The number of hydrogen-bond donors (Lipinski definition) is 2. The summed E-state index contributed by atoms with van der Waals surface area (Å²) >= 11 is 0. The van der Waals surface area contributed by atoms with Gasteiger partial charge in [0.05, 0.1) is 11.3 Å². The molecule has 3 aromatic rings. The van der Waals surface area contributed by atoms with E-state index in [1.54, 1.807) is 35.1 Å². The number of carbonyl (C=O) groups excluding carboxylic acids is 2. The first kappa shape index (κ1) is 16.4. The van der Waals surface area contributed by atoms with Crippen LogP contribution in [0.25, 0.3) is 5.69 Å². The van der Waals surface area contributed by atoms with Gasteiger partial charge in [-0.15, -0.1) is 0 Å². The van der Waals surface area contributed by atoms with Gasteiger partial charge >= 0.3 is 0 Å². The van der Waals surface area contributed by atoms with E-state index in [0.717, 1.165) is 17.4 Å². The Morgan fingerprint density at radius 3 is 2.44 bits per heavy atom. The Hall–Kier alpha value is -3.48. The average molecular weight is 338 g/mol. The third kappa shape index (κ3) is 3.40. The highest BCUT2D eigenvalue weighted by atomic mass is 19.1. The Labute approximate surface area is 143 Å². The minimum absolute atomic E-state index is 0.276. The van der Waals surface area contributed by atoms with E-state index in [2.05, 4.69) is 10.4 Å². The fraction of sp³-hybridized carbons (Fsp3) is 0.0556. The van der Waals surface area contributed by atoms with Crippen molar-refractivity contribution in [2.24, 2.45) is 5.73 Å². The number of aromatic nitrogens is 2. The number of nitrogens with two attached hydrogens (primary N) is 1. The van der Waals surface area contributed by atoms with Crippen LogP contribution in [-0.4, -0.2) is 21.6 Å². The van der Waals surface area contributed by atoms with Crippen LogP contribution in [0, 0.1) is 12.7 Å². The Balaban J connectivity index is 1.79. The summed E-state index contributed by atoms with van der Waals surface area (Å²) in [6, 6.07) is 12.4. The average Bonchev–Trinajstić information content (AvgIpc) is 3.02. The number of nitrogens with zero attached hydrogens (tertiary/aromatic N) is 2. The zero-order valence-electron chi connectivity index (χ0n) is 13.4. The number of benzene rings is 2. The van der Waals surface area contributed by atoms with Gasteiger partial charge in [0.2, 0.25) is 0 Å². The summed E-state index contributed by atoms with van der Waals surface area (Å²) in [6.45, 7) is 1.93. The number of nitrogens with one attached hydrogen (secondary N) is 1. The summed E-state index contributed by atoms with van der Waals surface area (Å²) in [5, 5.41) is 6.81. The zero-order valence-corrected chi connectivity index (χ0v) is 13.4. The lowest BCUT2D eigenvalue weighted by molar-refractivity contribution is 0.0992. The number of amides is 2. The molecule has 3 N–H and O–H groups in total. The first-order chi connectivity index (χ1) is 12.0. The van der Waals surface area contributed by atoms with Crippen molar-refractivity contribution in [1.29, 1.82) is 0 Å². The molecule has 0 aliphatic heterocycles. The highest BCUT2D eigenvalue weighted by molar-refractivity contribution is 6.05. The van der Waals surface area contributed by atoms with Gasteiger partial charge in [0.25, 0.3) is 11.8 Å². The van der Waals surface area contributed by atoms with Crippen LogP contribution in [-0.2, 0) is 0 Å². The zero-order chi connectivity index (χ0) is 18.0. The van der Waals surface area contributed by atoms with E-state index < -0.39 is 11.7 Å². The van der Waals surface area contributed by atoms with Gasteiger partial charge in [-0.25, -0.2) is 9.07 Å². The number of primary amides is 1. The number of hydrogen-bond acceptors (Lipinski definition) is 3. The lowest BCUT2D eigenvalue weighted by Gasteiger charge is -2.08. The number of rotatable bonds is 4. The molecule has 2 aromatic carbocycles. The fourth-order valence-corrected chi connectivity index (χ4v) is 2.39. The molecular formula is C18H15FN4O2. The molecule has 1 aromatic heterocycles. The Kier molecular flexibility index (Phi) is 4.30. The molecule has 0 bridgehead atoms. The van der Waals surface area contributed by atoms with Gasteiger partial charge < -0.3 is 11.1 Å². The van der Waals surface area contributed by atoms with E-state index in [9.17, 15) is 14.0 Å². The van der Waals surface area contributed by atoms with Gasteiger partial charge in [0.15, 0.2) is 0 Å². The Bertz CT molecular complexity index is 948. The second-order valence-corrected chi connectivity index (χ2v) is 5.44. The van der Waals surface area contributed by atoms with Crippen LogP contribution in [0.3, 0.4) is 0 Å². The molecule has 0 aliphatic carbocycles. The molecule has 0 atom stereocenters. The van der Waals surface area contributed by atoms with Crippen molar-refractivity contribution < 1.29 is 14.0 Å². The SMILES string of the molecule is Cc1ccnn1-c1ccc(C(=O)Nc2ccc(F)c(C(N)=O)c2)cc1. The number of anilines is 1. The molecule has 0 unspecified atom stereocenters. The molecule has 0 radical (unpaired) electrons. The van der Waals surface area contributed by atoms with Crippen molar-refractivity contribution in [2.75, 3.05) is 5.32 Å². The molecule has 25 heavy (non-hydrogen) atoms. The van der Waals surface area contributed by atoms with E-state index >= 15 is 0 Å². The monoisotopic (exact) mass is 338 g/mol. The predicted octanol–water partition coefficient (Wildman–Crippen LogP) is 2.67. The normalized spacial score (nSPS) is 10.5. The number of aryl methyl sites for hydroxylation is 1. The third-order valence-electron chi connectivity index (χ3n) is 3.70. The van der Waals surface area contributed by atoms with Crippen LogP contribution in [0.15, 0.2) is 54.7 Å². The van der Waals surface area contributed by atoms with Crippen LogP contribution in [0.4, 0.5) is 10.1 Å². The molecule has 0 saturated heterocycles. The second kappa shape index (κ2) is 6.56. The molecular weight excluding hydrogens is 323 g/mol. The second-order valence-electron chi connectivity index (χ2n) is 5.44. The maximum atomic E-state index is 13.5. The van der Waals surface area contributed by atoms with Crippen molar-refractivity contribution in [3.05, 3.63) is 77.4 Å². The molecule has 1 heterocycles. The maximum absolute atomic E-state index is 13.5. The van der Waals surface area contributed by atoms with Gasteiger partial charge in [0.1, 0.15) is 5.82 Å². The van der Waals surface area contributed by atoms with Crippen molar-refractivity contribution in [1.82, 2.24) is 9.78 Å². The lowest BCUT2D eigenvalue weighted by atomic mass is 10.1. The number of halogens is 1. The van der Waals surface area contributed by atoms with Gasteiger partial charge in [-0.1, -0.05) is 0 Å². The van der Waals surface area contributed by atoms with Gasteiger partial charge in [-0.05, 0) is 55.5 Å². The lowest BCUT2D eigenvalue weighted by Crippen LogP contribution is -2.16. The smallest absolute Gasteiger partial charge is 0.255 e. The fourth-order valence-electron chi connectivity index (χ4n) is 2.39. The van der Waals surface area contributed by atoms with E-state index in [1.807, 2.05) is 13.0 Å². The molecule has 126 valence electrons. The largest absolute Gasteiger partial charge is 0.366 e. The van der Waals surface area contributed by atoms with Crippen LogP contribution in [0.2, 0.25) is 0 Å². The van der Waals surface area contributed by atoms with Gasteiger partial charge in [0, 0.05) is 23.1 Å². The molecule has 2 amide bonds. The maximum Gasteiger partial charge on any atom is 0.255 e. The van der Waals surface area contributed by atoms with Crippen LogP contribution in [0.5, 0.6) is 0 Å². The summed E-state index contributed by atoms with van der Waals surface area (Å²) in [7, 11) is 0. The summed E-state index contributed by atoms with van der Waals surface area (Å²) in [4.78, 5) is 23.5. The van der Waals surface area contributed by atoms with E-state index in [-0.39, 0.29) is 17.2 Å². The minimum atomic E-state index is -0.896. The van der Waals surface area contributed by atoms with Crippen molar-refractivity contribution in [3.8, 4) is 5.69 Å². The van der Waals surface area contributed by atoms with Gasteiger partial charge in [-0.3, -0.25) is 9.59 Å². The van der Waals surface area contributed by atoms with Crippen molar-refractivity contribution in [3.63, 3.8) is 0 Å². The van der Waals surface area contributed by atoms with E-state index in [1.165, 1.54) is 12.1 Å². The molecule has 6 nitrogen and oxygen atoms in total. The minimum Gasteiger partial charge on any atom is -0.366 e. The molecule has 3 rings (SSSR count). The molecule has 0 saturated carbocycles. The van der Waals surface area contributed by atoms with Crippen molar-refractivity contribution >= 4 is 17.5 Å². The first-order valence-electron chi connectivity index (χ1n) is 7.47. The third-order valence-corrected chi connectivity index (χ3v) is 3.70. The quantitative estimate of drug-likeness (QED) is 0.766. The summed E-state index contributed by atoms with van der Waals surface area (Å²) in [5.41, 5.74) is 7.33. The highest BCUT2D eigenvalue weighted by Crippen LogP contribution is 2.16.